The van der Waals surface area contributed by atoms with Crippen LogP contribution in [0.4, 0.5) is 16.2 Å². The third-order valence-corrected chi connectivity index (χ3v) is 5.31. The summed E-state index contributed by atoms with van der Waals surface area (Å²) in [4.78, 5) is 31.1. The summed E-state index contributed by atoms with van der Waals surface area (Å²) in [6.07, 6.45) is 4.04. The van der Waals surface area contributed by atoms with Crippen molar-refractivity contribution in [3.8, 4) is 11.3 Å². The number of ether oxygens (including phenoxy) is 1. The van der Waals surface area contributed by atoms with Crippen LogP contribution in [-0.4, -0.2) is 35.4 Å². The van der Waals surface area contributed by atoms with E-state index in [0.29, 0.717) is 32.9 Å². The molecule has 5 N–H and O–H groups in total. The van der Waals surface area contributed by atoms with Crippen molar-refractivity contribution < 1.29 is 14.3 Å². The highest BCUT2D eigenvalue weighted by Crippen LogP contribution is 2.27. The fourth-order valence-corrected chi connectivity index (χ4v) is 3.59. The van der Waals surface area contributed by atoms with E-state index in [1.54, 1.807) is 59.9 Å². The first-order valence-electron chi connectivity index (χ1n) is 10.2. The Morgan fingerprint density at radius 2 is 1.97 bits per heavy atom. The summed E-state index contributed by atoms with van der Waals surface area (Å²) in [5.41, 5.74) is 8.74. The van der Waals surface area contributed by atoms with E-state index in [2.05, 4.69) is 41.5 Å². The fraction of sp³-hybridized carbons (Fsp3) is 0.0909. The van der Waals surface area contributed by atoms with E-state index in [4.69, 9.17) is 23.2 Å². The van der Waals surface area contributed by atoms with Gasteiger partial charge in [0.2, 0.25) is 5.91 Å². The monoisotopic (exact) mass is 514 g/mol. The quantitative estimate of drug-likeness (QED) is 0.303. The number of carbonyl (C=O) groups excluding carboxylic acids is 2. The molecule has 2 heterocycles. The summed E-state index contributed by atoms with van der Waals surface area (Å²) in [7, 11) is 1.29. The average molecular weight is 515 g/mol. The van der Waals surface area contributed by atoms with Gasteiger partial charge in [0, 0.05) is 27.9 Å². The summed E-state index contributed by atoms with van der Waals surface area (Å²) in [6, 6.07) is 12.2. The summed E-state index contributed by atoms with van der Waals surface area (Å²) in [5, 5.41) is 11.7. The van der Waals surface area contributed by atoms with E-state index < -0.39 is 6.09 Å². The van der Waals surface area contributed by atoms with Crippen molar-refractivity contribution in [2.24, 2.45) is 5.10 Å². The number of rotatable bonds is 7. The molecule has 11 nitrogen and oxygen atoms in total. The number of nitrogens with zero attached hydrogens (tertiary/aromatic N) is 3. The minimum absolute atomic E-state index is 0.136. The number of carbonyl (C=O) groups is 2. The Morgan fingerprint density at radius 1 is 1.17 bits per heavy atom. The number of aromatic amines is 1. The third-order valence-electron chi connectivity index (χ3n) is 4.80. The van der Waals surface area contributed by atoms with Crippen molar-refractivity contribution in [3.63, 3.8) is 0 Å². The number of hydrazine groups is 2. The second-order valence-electron chi connectivity index (χ2n) is 7.13. The van der Waals surface area contributed by atoms with Crippen LogP contribution in [0.2, 0.25) is 10.2 Å². The van der Waals surface area contributed by atoms with Gasteiger partial charge in [-0.3, -0.25) is 10.1 Å². The van der Waals surface area contributed by atoms with Gasteiger partial charge < -0.3 is 15.0 Å². The summed E-state index contributed by atoms with van der Waals surface area (Å²) in [5.74, 6) is 0.153. The zero-order valence-electron chi connectivity index (χ0n) is 18.3. The van der Waals surface area contributed by atoms with Gasteiger partial charge in [-0.05, 0) is 36.4 Å². The topological polar surface area (TPSA) is 136 Å². The number of H-pyrrole nitrogens is 1. The molecule has 0 atom stereocenters. The van der Waals surface area contributed by atoms with Gasteiger partial charge in [-0.1, -0.05) is 35.3 Å². The smallest absolute Gasteiger partial charge is 0.411 e. The van der Waals surface area contributed by atoms with E-state index in [1.165, 1.54) is 13.2 Å². The van der Waals surface area contributed by atoms with Crippen LogP contribution in [-0.2, 0) is 16.1 Å². The van der Waals surface area contributed by atoms with Gasteiger partial charge in [0.1, 0.15) is 23.0 Å². The molecule has 3 aromatic rings. The molecule has 1 aliphatic rings. The molecule has 2 aromatic carbocycles. The third kappa shape index (κ3) is 6.09. The lowest BCUT2D eigenvalue weighted by Crippen LogP contribution is -2.37. The standard InChI is InChI=1S/C22H20Cl2N8O3/c1-35-22(34)27-16-6-2-13(3-7-16)20-21(24)29-18(28-20)11-25-19(33)9-4-14-10-15(23)5-8-17(14)32-12-26-30-31-32/h2-10,12,30-31H,11H2,1H3,(H,25,33)(H,27,34)(H,28,29)/b9-4+. The highest BCUT2D eigenvalue weighted by Gasteiger charge is 2.13. The first-order chi connectivity index (χ1) is 16.9. The predicted molar refractivity (Wildman–Crippen MR) is 135 cm³/mol. The number of hydrogen-bond acceptors (Lipinski definition) is 8. The number of imidazole rings is 1. The predicted octanol–water partition coefficient (Wildman–Crippen LogP) is 3.66. The van der Waals surface area contributed by atoms with E-state index in [0.717, 1.165) is 11.3 Å². The van der Waals surface area contributed by atoms with Crippen molar-refractivity contribution in [2.75, 3.05) is 17.4 Å². The molecular weight excluding hydrogens is 495 g/mol. The molecule has 13 heteroatoms. The van der Waals surface area contributed by atoms with Crippen molar-refractivity contribution >= 4 is 59.0 Å². The molecular formula is C22H20Cl2N8O3. The Bertz CT molecular complexity index is 1290. The van der Waals surface area contributed by atoms with Gasteiger partial charge in [0.25, 0.3) is 0 Å². The zero-order chi connectivity index (χ0) is 24.8. The second kappa shape index (κ2) is 10.9. The molecule has 0 aliphatic carbocycles. The Morgan fingerprint density at radius 3 is 2.69 bits per heavy atom. The summed E-state index contributed by atoms with van der Waals surface area (Å²) in [6.45, 7) is 0.136. The minimum Gasteiger partial charge on any atom is -0.453 e. The molecule has 0 spiro atoms. The lowest BCUT2D eigenvalue weighted by atomic mass is 10.1. The van der Waals surface area contributed by atoms with Crippen molar-refractivity contribution in [1.82, 2.24) is 26.4 Å². The normalized spacial score (nSPS) is 12.6. The second-order valence-corrected chi connectivity index (χ2v) is 7.95. The lowest BCUT2D eigenvalue weighted by molar-refractivity contribution is -0.116. The Balaban J connectivity index is 1.38. The van der Waals surface area contributed by atoms with Crippen molar-refractivity contribution in [3.05, 3.63) is 70.1 Å². The van der Waals surface area contributed by atoms with Crippen LogP contribution in [0, 0.1) is 0 Å². The fourth-order valence-electron chi connectivity index (χ4n) is 3.15. The maximum absolute atomic E-state index is 12.4. The van der Waals surface area contributed by atoms with Crippen LogP contribution in [0.1, 0.15) is 11.4 Å². The number of benzene rings is 2. The van der Waals surface area contributed by atoms with E-state index in [9.17, 15) is 9.59 Å². The molecule has 35 heavy (non-hydrogen) atoms. The van der Waals surface area contributed by atoms with Crippen LogP contribution in [0.15, 0.2) is 53.6 Å². The molecule has 0 saturated heterocycles. The number of amides is 2. The van der Waals surface area contributed by atoms with Gasteiger partial charge in [-0.15, -0.1) is 5.53 Å². The summed E-state index contributed by atoms with van der Waals surface area (Å²) < 4.78 is 4.57. The number of anilines is 2. The molecule has 1 aliphatic heterocycles. The molecule has 2 amide bonds. The number of hydrogen-bond donors (Lipinski definition) is 5. The van der Waals surface area contributed by atoms with Gasteiger partial charge in [-0.25, -0.2) is 20.3 Å². The van der Waals surface area contributed by atoms with Gasteiger partial charge in [0.05, 0.1) is 19.3 Å². The highest BCUT2D eigenvalue weighted by atomic mass is 35.5. The SMILES string of the molecule is COC(=O)Nc1ccc(-c2nc(CNC(=O)/C=C/c3cc(Cl)ccc3N3C=NNN3)[nH]c2Cl)cc1. The van der Waals surface area contributed by atoms with Crippen LogP contribution < -0.4 is 26.7 Å². The molecule has 4 rings (SSSR count). The molecule has 0 fully saturated rings. The van der Waals surface area contributed by atoms with E-state index in [-0.39, 0.29) is 12.5 Å². The van der Waals surface area contributed by atoms with E-state index >= 15 is 0 Å². The Kier molecular flexibility index (Phi) is 7.51. The Labute approximate surface area is 210 Å². The first kappa shape index (κ1) is 24.1. The highest BCUT2D eigenvalue weighted by molar-refractivity contribution is 6.32. The molecule has 0 saturated carbocycles. The van der Waals surface area contributed by atoms with Crippen molar-refractivity contribution in [2.45, 2.75) is 6.54 Å². The largest absolute Gasteiger partial charge is 0.453 e. The lowest BCUT2D eigenvalue weighted by Gasteiger charge is -2.16. The molecule has 0 radical (unpaired) electrons. The zero-order valence-corrected chi connectivity index (χ0v) is 19.8. The van der Waals surface area contributed by atoms with Crippen LogP contribution >= 0.6 is 23.2 Å². The van der Waals surface area contributed by atoms with Crippen LogP contribution in [0.5, 0.6) is 0 Å². The maximum atomic E-state index is 12.4. The molecule has 0 bridgehead atoms. The number of halogens is 2. The van der Waals surface area contributed by atoms with Gasteiger partial charge >= 0.3 is 6.09 Å². The van der Waals surface area contributed by atoms with Gasteiger partial charge in [-0.2, -0.15) is 5.10 Å². The molecule has 0 unspecified atom stereocenters. The van der Waals surface area contributed by atoms with Crippen LogP contribution in [0.3, 0.4) is 0 Å². The number of aromatic nitrogens is 2. The maximum Gasteiger partial charge on any atom is 0.411 e. The number of methoxy groups -OCH3 is 1. The van der Waals surface area contributed by atoms with Crippen molar-refractivity contribution in [1.29, 1.82) is 0 Å². The van der Waals surface area contributed by atoms with E-state index in [1.807, 2.05) is 0 Å². The van der Waals surface area contributed by atoms with Crippen LogP contribution in [0.25, 0.3) is 17.3 Å². The number of nitrogens with one attached hydrogen (secondary N) is 5. The average Bonchev–Trinajstić information content (AvgIpc) is 3.52. The minimum atomic E-state index is -0.562. The number of hydrazone groups is 1. The molecule has 180 valence electrons. The molecule has 1 aromatic heterocycles. The first-order valence-corrected chi connectivity index (χ1v) is 11.0. The summed E-state index contributed by atoms with van der Waals surface area (Å²) >= 11 is 12.4. The van der Waals surface area contributed by atoms with Gasteiger partial charge in [0.15, 0.2) is 0 Å². The Hall–Kier alpha value is -4.06.